The van der Waals surface area contributed by atoms with Gasteiger partial charge in [-0.25, -0.2) is 0 Å². The van der Waals surface area contributed by atoms with Crippen LogP contribution >= 0.6 is 0 Å². The van der Waals surface area contributed by atoms with Gasteiger partial charge >= 0.3 is 0 Å². The molecule has 0 radical (unpaired) electrons. The molecule has 19 heavy (non-hydrogen) atoms. The smallest absolute Gasteiger partial charge is 0.122 e. The van der Waals surface area contributed by atoms with E-state index < -0.39 is 0 Å². The molecule has 0 amide bonds. The fraction of sp³-hybridized carbons (Fsp3) is 0.647. The third kappa shape index (κ3) is 4.54. The maximum absolute atomic E-state index is 5.84. The summed E-state index contributed by atoms with van der Waals surface area (Å²) in [5.41, 5.74) is 8.60. The SMILES string of the molecule is COc1ccc(C(C)CCC(C)N)cc1C(C)(C)C. The molecular weight excluding hydrogens is 234 g/mol. The van der Waals surface area contributed by atoms with E-state index in [1.165, 1.54) is 11.1 Å². The standard InChI is InChI=1S/C17H29NO/c1-12(7-8-13(2)18)14-9-10-16(19-6)15(11-14)17(3,4)5/h9-13H,7-8,18H2,1-6H3. The Morgan fingerprint density at radius 3 is 2.26 bits per heavy atom. The monoisotopic (exact) mass is 263 g/mol. The van der Waals surface area contributed by atoms with E-state index in [0.717, 1.165) is 18.6 Å². The van der Waals surface area contributed by atoms with Crippen LogP contribution in [0.2, 0.25) is 0 Å². The minimum atomic E-state index is 0.0994. The lowest BCUT2D eigenvalue weighted by Crippen LogP contribution is -2.16. The van der Waals surface area contributed by atoms with Crippen molar-refractivity contribution in [1.29, 1.82) is 0 Å². The zero-order valence-corrected chi connectivity index (χ0v) is 13.3. The topological polar surface area (TPSA) is 35.2 Å². The molecule has 0 aliphatic rings. The first-order valence-corrected chi connectivity index (χ1v) is 7.19. The highest BCUT2D eigenvalue weighted by atomic mass is 16.5. The lowest BCUT2D eigenvalue weighted by molar-refractivity contribution is 0.397. The van der Waals surface area contributed by atoms with Gasteiger partial charge in [0.2, 0.25) is 0 Å². The Balaban J connectivity index is 2.98. The van der Waals surface area contributed by atoms with Crippen molar-refractivity contribution in [2.24, 2.45) is 5.73 Å². The van der Waals surface area contributed by atoms with E-state index in [9.17, 15) is 0 Å². The normalized spacial score (nSPS) is 15.1. The van der Waals surface area contributed by atoms with Crippen LogP contribution < -0.4 is 10.5 Å². The Morgan fingerprint density at radius 2 is 1.79 bits per heavy atom. The summed E-state index contributed by atoms with van der Waals surface area (Å²) >= 11 is 0. The van der Waals surface area contributed by atoms with E-state index in [1.54, 1.807) is 7.11 Å². The second-order valence-electron chi connectivity index (χ2n) is 6.67. The first-order chi connectivity index (χ1) is 8.75. The predicted molar refractivity (Wildman–Crippen MR) is 83.0 cm³/mol. The number of hydrogen-bond donors (Lipinski definition) is 1. The summed E-state index contributed by atoms with van der Waals surface area (Å²) in [5, 5.41) is 0. The average molecular weight is 263 g/mol. The van der Waals surface area contributed by atoms with Crippen LogP contribution in [0.25, 0.3) is 0 Å². The molecule has 0 aromatic heterocycles. The van der Waals surface area contributed by atoms with E-state index >= 15 is 0 Å². The van der Waals surface area contributed by atoms with E-state index in [0.29, 0.717) is 5.92 Å². The van der Waals surface area contributed by atoms with Gasteiger partial charge < -0.3 is 10.5 Å². The third-order valence-electron chi connectivity index (χ3n) is 3.66. The Hall–Kier alpha value is -1.02. The number of ether oxygens (including phenoxy) is 1. The van der Waals surface area contributed by atoms with Crippen molar-refractivity contribution in [2.45, 2.75) is 64.8 Å². The van der Waals surface area contributed by atoms with Crippen LogP contribution in [0.15, 0.2) is 18.2 Å². The summed E-state index contributed by atoms with van der Waals surface area (Å²) < 4.78 is 5.48. The van der Waals surface area contributed by atoms with Crippen molar-refractivity contribution < 1.29 is 4.74 Å². The third-order valence-corrected chi connectivity index (χ3v) is 3.66. The minimum absolute atomic E-state index is 0.0994. The second kappa shape index (κ2) is 6.42. The first-order valence-electron chi connectivity index (χ1n) is 7.19. The highest BCUT2D eigenvalue weighted by Crippen LogP contribution is 2.34. The molecule has 1 rings (SSSR count). The molecule has 2 nitrogen and oxygen atoms in total. The lowest BCUT2D eigenvalue weighted by Gasteiger charge is -2.24. The highest BCUT2D eigenvalue weighted by Gasteiger charge is 2.20. The Labute approximate surface area is 118 Å². The average Bonchev–Trinajstić information content (AvgIpc) is 2.34. The van der Waals surface area contributed by atoms with Crippen molar-refractivity contribution >= 4 is 0 Å². The van der Waals surface area contributed by atoms with Crippen molar-refractivity contribution in [3.63, 3.8) is 0 Å². The maximum atomic E-state index is 5.84. The van der Waals surface area contributed by atoms with Crippen LogP contribution in [0, 0.1) is 0 Å². The first kappa shape index (κ1) is 16.0. The summed E-state index contributed by atoms with van der Waals surface area (Å²) in [6.45, 7) is 11.0. The van der Waals surface area contributed by atoms with Crippen LogP contribution in [0.3, 0.4) is 0 Å². The zero-order chi connectivity index (χ0) is 14.6. The summed E-state index contributed by atoms with van der Waals surface area (Å²) in [6.07, 6.45) is 2.20. The van der Waals surface area contributed by atoms with Gasteiger partial charge in [-0.2, -0.15) is 0 Å². The molecule has 1 aromatic rings. The molecule has 0 saturated carbocycles. The van der Waals surface area contributed by atoms with Crippen molar-refractivity contribution in [3.05, 3.63) is 29.3 Å². The number of rotatable bonds is 5. The fourth-order valence-corrected chi connectivity index (χ4v) is 2.30. The largest absolute Gasteiger partial charge is 0.496 e. The molecule has 0 aliphatic carbocycles. The van der Waals surface area contributed by atoms with Crippen LogP contribution in [-0.2, 0) is 5.41 Å². The van der Waals surface area contributed by atoms with Crippen LogP contribution in [0.5, 0.6) is 5.75 Å². The fourth-order valence-electron chi connectivity index (χ4n) is 2.30. The van der Waals surface area contributed by atoms with E-state index in [-0.39, 0.29) is 11.5 Å². The maximum Gasteiger partial charge on any atom is 0.122 e. The van der Waals surface area contributed by atoms with Crippen molar-refractivity contribution in [1.82, 2.24) is 0 Å². The van der Waals surface area contributed by atoms with Gasteiger partial charge in [0.05, 0.1) is 7.11 Å². The zero-order valence-electron chi connectivity index (χ0n) is 13.3. The van der Waals surface area contributed by atoms with E-state index in [1.807, 2.05) is 0 Å². The Bertz CT molecular complexity index is 404. The Kier molecular flexibility index (Phi) is 5.42. The molecule has 108 valence electrons. The van der Waals surface area contributed by atoms with Crippen molar-refractivity contribution in [3.8, 4) is 5.75 Å². The molecule has 0 saturated heterocycles. The van der Waals surface area contributed by atoms with E-state index in [4.69, 9.17) is 10.5 Å². The summed E-state index contributed by atoms with van der Waals surface area (Å²) in [6, 6.07) is 6.85. The molecular formula is C17H29NO. The molecule has 2 unspecified atom stereocenters. The van der Waals surface area contributed by atoms with Crippen LogP contribution in [0.4, 0.5) is 0 Å². The predicted octanol–water partition coefficient (Wildman–Crippen LogP) is 4.22. The molecule has 2 heteroatoms. The molecule has 2 atom stereocenters. The molecule has 1 aromatic carbocycles. The summed E-state index contributed by atoms with van der Waals surface area (Å²) in [7, 11) is 1.74. The van der Waals surface area contributed by atoms with Crippen LogP contribution in [0.1, 0.15) is 64.5 Å². The molecule has 0 bridgehead atoms. The van der Waals surface area contributed by atoms with Gasteiger partial charge in [-0.15, -0.1) is 0 Å². The van der Waals surface area contributed by atoms with Gasteiger partial charge in [0.1, 0.15) is 5.75 Å². The molecule has 0 heterocycles. The summed E-state index contributed by atoms with van der Waals surface area (Å²) in [5.74, 6) is 1.52. The summed E-state index contributed by atoms with van der Waals surface area (Å²) in [4.78, 5) is 0. The van der Waals surface area contributed by atoms with Gasteiger partial charge in [-0.05, 0) is 48.3 Å². The van der Waals surface area contributed by atoms with Gasteiger partial charge in [0, 0.05) is 6.04 Å². The number of hydrogen-bond acceptors (Lipinski definition) is 2. The minimum Gasteiger partial charge on any atom is -0.496 e. The lowest BCUT2D eigenvalue weighted by atomic mass is 9.83. The number of benzene rings is 1. The van der Waals surface area contributed by atoms with Gasteiger partial charge in [-0.3, -0.25) is 0 Å². The molecule has 0 spiro atoms. The van der Waals surface area contributed by atoms with Gasteiger partial charge in [-0.1, -0.05) is 39.8 Å². The van der Waals surface area contributed by atoms with Gasteiger partial charge in [0.15, 0.2) is 0 Å². The second-order valence-corrected chi connectivity index (χ2v) is 6.67. The number of nitrogens with two attached hydrogens (primary N) is 1. The quantitative estimate of drug-likeness (QED) is 0.863. The van der Waals surface area contributed by atoms with Gasteiger partial charge in [0.25, 0.3) is 0 Å². The van der Waals surface area contributed by atoms with Crippen LogP contribution in [-0.4, -0.2) is 13.2 Å². The van der Waals surface area contributed by atoms with Crippen molar-refractivity contribution in [2.75, 3.05) is 7.11 Å². The number of methoxy groups -OCH3 is 1. The molecule has 0 aliphatic heterocycles. The van der Waals surface area contributed by atoms with E-state index in [2.05, 4.69) is 52.8 Å². The highest BCUT2D eigenvalue weighted by molar-refractivity contribution is 5.42. The molecule has 2 N–H and O–H groups in total. The molecule has 0 fully saturated rings. The Morgan fingerprint density at radius 1 is 1.16 bits per heavy atom.